The number of hydrogen-bond acceptors (Lipinski definition) is 18. The van der Waals surface area contributed by atoms with E-state index < -0.39 is 130 Å². The van der Waals surface area contributed by atoms with Gasteiger partial charge in [-0.15, -0.1) is 0 Å². The normalized spacial score (nSPS) is 26.3. The second-order valence-electron chi connectivity index (χ2n) is 15.5. The summed E-state index contributed by atoms with van der Waals surface area (Å²) in [6.45, 7) is 11.8. The minimum atomic E-state index is -3.56. The van der Waals surface area contributed by atoms with Gasteiger partial charge in [-0.1, -0.05) is 81.4 Å². The van der Waals surface area contributed by atoms with Crippen LogP contribution in [0.2, 0.25) is 5.04 Å². The maximum absolute atomic E-state index is 13.1. The fourth-order valence-electron chi connectivity index (χ4n) is 7.52. The van der Waals surface area contributed by atoms with Crippen molar-refractivity contribution in [3.05, 3.63) is 60.7 Å². The quantitative estimate of drug-likeness (QED) is 0.134. The Labute approximate surface area is 354 Å². The average Bonchev–Trinajstić information content (AvgIpc) is 3.42. The summed E-state index contributed by atoms with van der Waals surface area (Å²) in [4.78, 5) is 88.0. The number of benzene rings is 2. The van der Waals surface area contributed by atoms with Crippen LogP contribution in [0.3, 0.4) is 0 Å². The van der Waals surface area contributed by atoms with Gasteiger partial charge in [0.15, 0.2) is 30.5 Å². The Kier molecular flexibility index (Phi) is 16.3. The molecule has 2 aliphatic rings. The van der Waals surface area contributed by atoms with E-state index in [1.807, 2.05) is 81.4 Å². The van der Waals surface area contributed by atoms with Crippen LogP contribution in [-0.4, -0.2) is 125 Å². The Bertz CT molecular complexity index is 1840. The van der Waals surface area contributed by atoms with Crippen LogP contribution in [0.1, 0.15) is 69.2 Å². The van der Waals surface area contributed by atoms with Crippen molar-refractivity contribution in [3.63, 3.8) is 0 Å². The zero-order chi connectivity index (χ0) is 45.3. The number of carbonyl (C=O) groups excluding carboxylic acids is 7. The van der Waals surface area contributed by atoms with Crippen LogP contribution in [-0.2, 0) is 85.4 Å². The molecule has 2 aliphatic heterocycles. The highest BCUT2D eigenvalue weighted by molar-refractivity contribution is 6.99. The van der Waals surface area contributed by atoms with Crippen molar-refractivity contribution < 1.29 is 85.4 Å². The van der Waals surface area contributed by atoms with Gasteiger partial charge in [-0.3, -0.25) is 33.6 Å². The Morgan fingerprint density at radius 3 is 1.43 bits per heavy atom. The summed E-state index contributed by atoms with van der Waals surface area (Å²) in [5.41, 5.74) is 0. The van der Waals surface area contributed by atoms with Gasteiger partial charge in [0, 0.05) is 48.5 Å². The zero-order valence-corrected chi connectivity index (χ0v) is 36.9. The van der Waals surface area contributed by atoms with E-state index >= 15 is 0 Å². The van der Waals surface area contributed by atoms with Crippen LogP contribution < -0.4 is 10.4 Å². The largest absolute Gasteiger partial charge is 0.463 e. The molecule has 2 saturated heterocycles. The first-order valence-corrected chi connectivity index (χ1v) is 21.4. The molecule has 0 spiro atoms. The summed E-state index contributed by atoms with van der Waals surface area (Å²) in [5, 5.41) is 0.963. The summed E-state index contributed by atoms with van der Waals surface area (Å²) in [6, 6.07) is 18.8. The molecule has 61 heavy (non-hydrogen) atoms. The Morgan fingerprint density at radius 2 is 0.984 bits per heavy atom. The molecule has 4 rings (SSSR count). The summed E-state index contributed by atoms with van der Waals surface area (Å²) in [5.74, 6) is -8.32. The van der Waals surface area contributed by atoms with E-state index in [0.29, 0.717) is 0 Å². The van der Waals surface area contributed by atoms with Crippen molar-refractivity contribution in [2.45, 2.75) is 129 Å². The highest BCUT2D eigenvalue weighted by Gasteiger charge is 2.66. The van der Waals surface area contributed by atoms with Gasteiger partial charge in [-0.05, 0) is 15.4 Å². The van der Waals surface area contributed by atoms with Crippen LogP contribution in [0, 0.1) is 0 Å². The molecular weight excluding hydrogens is 821 g/mol. The number of hydrogen-bond donors (Lipinski definition) is 0. The fourth-order valence-corrected chi connectivity index (χ4v) is 12.1. The van der Waals surface area contributed by atoms with Crippen molar-refractivity contribution in [1.82, 2.24) is 0 Å². The van der Waals surface area contributed by atoms with Crippen LogP contribution in [0.4, 0.5) is 0 Å². The minimum absolute atomic E-state index is 0.548. The number of rotatable bonds is 16. The molecule has 2 heterocycles. The molecule has 2 aromatic carbocycles. The lowest BCUT2D eigenvalue weighted by Gasteiger charge is -2.48. The third-order valence-corrected chi connectivity index (χ3v) is 14.6. The predicted octanol–water partition coefficient (Wildman–Crippen LogP) is 2.18. The third kappa shape index (κ3) is 12.0. The molecule has 0 radical (unpaired) electrons. The molecule has 0 saturated carbocycles. The lowest BCUT2D eigenvalue weighted by molar-refractivity contribution is -0.383. The van der Waals surface area contributed by atoms with Gasteiger partial charge < -0.3 is 51.8 Å². The summed E-state index contributed by atoms with van der Waals surface area (Å²) in [6.07, 6.45) is -13.0. The first kappa shape index (κ1) is 48.5. The van der Waals surface area contributed by atoms with Crippen molar-refractivity contribution >= 4 is 60.5 Å². The molecule has 9 atom stereocenters. The van der Waals surface area contributed by atoms with E-state index in [9.17, 15) is 33.6 Å². The zero-order valence-electron chi connectivity index (χ0n) is 35.9. The van der Waals surface area contributed by atoms with Gasteiger partial charge in [0.2, 0.25) is 12.1 Å². The lowest BCUT2D eigenvalue weighted by Crippen LogP contribution is -2.69. The van der Waals surface area contributed by atoms with Gasteiger partial charge in [-0.2, -0.15) is 0 Å². The van der Waals surface area contributed by atoms with Crippen molar-refractivity contribution in [1.29, 1.82) is 0 Å². The van der Waals surface area contributed by atoms with Crippen molar-refractivity contribution in [2.75, 3.05) is 19.8 Å². The molecule has 2 fully saturated rings. The van der Waals surface area contributed by atoms with E-state index in [2.05, 4.69) is 0 Å². The van der Waals surface area contributed by atoms with E-state index in [4.69, 9.17) is 51.8 Å². The molecule has 0 aromatic heterocycles. The number of esters is 7. The van der Waals surface area contributed by atoms with Gasteiger partial charge in [0.25, 0.3) is 8.32 Å². The second-order valence-corrected chi connectivity index (χ2v) is 19.8. The number of ether oxygens (including phenoxy) is 10. The average molecular weight is 875 g/mol. The lowest BCUT2D eigenvalue weighted by atomic mass is 9.97. The smallest absolute Gasteiger partial charge is 0.303 e. The number of carbonyl (C=O) groups is 7. The monoisotopic (exact) mass is 874 g/mol. The highest BCUT2D eigenvalue weighted by atomic mass is 28.4. The third-order valence-electron chi connectivity index (χ3n) is 9.67. The van der Waals surface area contributed by atoms with E-state index in [1.54, 1.807) is 0 Å². The van der Waals surface area contributed by atoms with Gasteiger partial charge in [0.05, 0.1) is 6.61 Å². The molecule has 334 valence electrons. The molecule has 18 nitrogen and oxygen atoms in total. The predicted molar refractivity (Wildman–Crippen MR) is 212 cm³/mol. The van der Waals surface area contributed by atoms with Gasteiger partial charge in [0.1, 0.15) is 25.4 Å². The van der Waals surface area contributed by atoms with E-state index in [-0.39, 0.29) is 0 Å². The molecule has 0 amide bonds. The molecule has 2 aromatic rings. The second kappa shape index (κ2) is 20.6. The summed E-state index contributed by atoms with van der Waals surface area (Å²) < 4.78 is 66.1. The Hall–Kier alpha value is -5.21. The maximum Gasteiger partial charge on any atom is 0.303 e. The fraction of sp³-hybridized carbons (Fsp3) is 0.548. The van der Waals surface area contributed by atoms with Crippen molar-refractivity contribution in [2.24, 2.45) is 0 Å². The molecular formula is C42H54O18Si. The first-order valence-electron chi connectivity index (χ1n) is 19.5. The highest BCUT2D eigenvalue weighted by Crippen LogP contribution is 2.44. The minimum Gasteiger partial charge on any atom is -0.463 e. The molecule has 0 aliphatic carbocycles. The van der Waals surface area contributed by atoms with E-state index in [0.717, 1.165) is 58.8 Å². The van der Waals surface area contributed by atoms with Crippen LogP contribution in [0.5, 0.6) is 0 Å². The Balaban J connectivity index is 2.04. The van der Waals surface area contributed by atoms with Gasteiger partial charge >= 0.3 is 41.8 Å². The standard InChI is InChI=1S/C42H54O18Si/c1-24(43)50-21-33-35(53-26(3)45)37(55-28(5)47)38(56-29(6)48)40(58-33)60-42(39(57-30(7)49)36(54-27(4)46)34(59-42)22-51-25(2)44)23-52-61(41(8,9)10,31-17-13-11-14-18-31)32-19-15-12-16-20-32/h11-20,33-40H,21-23H2,1-10H3/t33-,34-,35-,36-,37+,38-,39+,40-,42+/m1/s1. The van der Waals surface area contributed by atoms with E-state index in [1.165, 1.54) is 0 Å². The topological polar surface area (TPSA) is 221 Å². The maximum atomic E-state index is 13.1. The summed E-state index contributed by atoms with van der Waals surface area (Å²) >= 11 is 0. The SMILES string of the molecule is CC(=O)OC[C@H]1O[C@@](CO[Si](c2ccccc2)(c2ccccc2)C(C)(C)C)(O[C@H]2O[C@H](COC(C)=O)[C@@H](OC(C)=O)[C@H](OC(C)=O)[C@H]2OC(C)=O)[C@@H](OC(C)=O)[C@@H]1OC(C)=O. The molecule has 19 heteroatoms. The molecule has 0 unspecified atom stereocenters. The first-order chi connectivity index (χ1) is 28.6. The van der Waals surface area contributed by atoms with Crippen LogP contribution >= 0.6 is 0 Å². The van der Waals surface area contributed by atoms with Crippen LogP contribution in [0.15, 0.2) is 60.7 Å². The van der Waals surface area contributed by atoms with Crippen LogP contribution in [0.25, 0.3) is 0 Å². The Morgan fingerprint density at radius 1 is 0.557 bits per heavy atom. The molecule has 0 N–H and O–H groups in total. The summed E-state index contributed by atoms with van der Waals surface area (Å²) in [7, 11) is -3.56. The molecule has 0 bridgehead atoms. The van der Waals surface area contributed by atoms with Crippen molar-refractivity contribution in [3.8, 4) is 0 Å². The van der Waals surface area contributed by atoms with Gasteiger partial charge in [-0.25, -0.2) is 0 Å².